The van der Waals surface area contributed by atoms with Crippen molar-refractivity contribution in [3.05, 3.63) is 120 Å². The van der Waals surface area contributed by atoms with Gasteiger partial charge in [-0.2, -0.15) is 0 Å². The van der Waals surface area contributed by atoms with Crippen LogP contribution in [-0.2, 0) is 10.3 Å². The predicted molar refractivity (Wildman–Crippen MR) is 102 cm³/mol. The van der Waals surface area contributed by atoms with Crippen molar-refractivity contribution in [3.63, 3.8) is 0 Å². The van der Waals surface area contributed by atoms with Gasteiger partial charge in [-0.15, -0.1) is 0 Å². The lowest BCUT2D eigenvalue weighted by Crippen LogP contribution is -2.27. The second-order valence-electron chi connectivity index (χ2n) is 6.08. The van der Waals surface area contributed by atoms with Crippen LogP contribution >= 0.6 is 0 Å². The average Bonchev–Trinajstić information content (AvgIpc) is 2.71. The molecule has 0 aromatic heterocycles. The quantitative estimate of drug-likeness (QED) is 0.282. The molecular formula is C23H22O2. The Hall–Kier alpha value is -2.68. The van der Waals surface area contributed by atoms with E-state index in [2.05, 4.69) is 83.8 Å². The van der Waals surface area contributed by atoms with Crippen molar-refractivity contribution in [1.82, 2.24) is 0 Å². The third-order valence-corrected chi connectivity index (χ3v) is 4.47. The van der Waals surface area contributed by atoms with E-state index in [-0.39, 0.29) is 0 Å². The van der Waals surface area contributed by atoms with Crippen LogP contribution in [0.1, 0.15) is 23.6 Å². The second-order valence-corrected chi connectivity index (χ2v) is 6.08. The van der Waals surface area contributed by atoms with Crippen molar-refractivity contribution in [2.24, 2.45) is 0 Å². The Labute approximate surface area is 149 Å². The lowest BCUT2D eigenvalue weighted by atomic mass is 9.69. The molecule has 3 aromatic rings. The molecular weight excluding hydrogens is 308 g/mol. The van der Waals surface area contributed by atoms with Crippen LogP contribution in [0.25, 0.3) is 0 Å². The van der Waals surface area contributed by atoms with Crippen molar-refractivity contribution in [1.29, 1.82) is 0 Å². The molecule has 2 heteroatoms. The normalized spacial score (nSPS) is 13.0. The summed E-state index contributed by atoms with van der Waals surface area (Å²) in [5, 5.41) is 8.99. The molecule has 2 nitrogen and oxygen atoms in total. The minimum absolute atomic E-state index is 0.393. The molecule has 1 N–H and O–H groups in total. The van der Waals surface area contributed by atoms with Gasteiger partial charge in [0.25, 0.3) is 0 Å². The van der Waals surface area contributed by atoms with E-state index in [0.29, 0.717) is 0 Å². The number of benzene rings is 3. The first-order chi connectivity index (χ1) is 12.3. The molecule has 0 saturated heterocycles. The summed E-state index contributed by atoms with van der Waals surface area (Å²) in [7, 11) is 0. The summed E-state index contributed by atoms with van der Waals surface area (Å²) < 4.78 is 0. The molecule has 0 fully saturated rings. The number of rotatable bonds is 6. The maximum absolute atomic E-state index is 8.99. The third-order valence-electron chi connectivity index (χ3n) is 4.47. The van der Waals surface area contributed by atoms with Gasteiger partial charge >= 0.3 is 0 Å². The van der Waals surface area contributed by atoms with Gasteiger partial charge in [0.15, 0.2) is 0 Å². The second kappa shape index (κ2) is 7.93. The van der Waals surface area contributed by atoms with Crippen LogP contribution in [0.15, 0.2) is 103 Å². The van der Waals surface area contributed by atoms with Crippen molar-refractivity contribution >= 4 is 0 Å². The van der Waals surface area contributed by atoms with Gasteiger partial charge < -0.3 is 0 Å². The summed E-state index contributed by atoms with van der Waals surface area (Å²) >= 11 is 0. The van der Waals surface area contributed by atoms with Crippen LogP contribution in [0.3, 0.4) is 0 Å². The van der Waals surface area contributed by atoms with Gasteiger partial charge in [-0.25, -0.2) is 4.89 Å². The Morgan fingerprint density at radius 2 is 1.08 bits per heavy atom. The molecule has 0 aliphatic rings. The molecule has 3 aromatic carbocycles. The molecule has 0 heterocycles. The first kappa shape index (κ1) is 17.2. The fourth-order valence-corrected chi connectivity index (χ4v) is 3.21. The predicted octanol–water partition coefficient (Wildman–Crippen LogP) is 5.46. The summed E-state index contributed by atoms with van der Waals surface area (Å²) in [6.07, 6.45) is 3.62. The topological polar surface area (TPSA) is 29.5 Å². The Balaban J connectivity index is 2.30. The Morgan fingerprint density at radius 1 is 0.720 bits per heavy atom. The highest BCUT2D eigenvalue weighted by atomic mass is 17.1. The van der Waals surface area contributed by atoms with E-state index < -0.39 is 11.5 Å². The fourth-order valence-electron chi connectivity index (χ4n) is 3.21. The van der Waals surface area contributed by atoms with E-state index in [1.54, 1.807) is 0 Å². The molecule has 25 heavy (non-hydrogen) atoms. The number of hydrogen-bond acceptors (Lipinski definition) is 2. The lowest BCUT2D eigenvalue weighted by Gasteiger charge is -2.33. The van der Waals surface area contributed by atoms with Crippen molar-refractivity contribution in [2.45, 2.75) is 18.4 Å². The molecule has 0 spiro atoms. The number of allylic oxidation sites excluding steroid dienone is 1. The van der Waals surface area contributed by atoms with E-state index >= 15 is 0 Å². The highest BCUT2D eigenvalue weighted by Crippen LogP contribution is 2.40. The maximum atomic E-state index is 8.99. The summed E-state index contributed by atoms with van der Waals surface area (Å²) in [6, 6.07) is 31.2. The van der Waals surface area contributed by atoms with E-state index in [9.17, 15) is 0 Å². The first-order valence-electron chi connectivity index (χ1n) is 8.43. The molecule has 0 aliphatic carbocycles. The minimum atomic E-state index is -0.462. The zero-order valence-electron chi connectivity index (χ0n) is 14.2. The minimum Gasteiger partial charge on any atom is -0.251 e. The molecule has 1 atom stereocenters. The monoisotopic (exact) mass is 330 g/mol. The molecule has 0 bridgehead atoms. The van der Waals surface area contributed by atoms with Gasteiger partial charge in [0.05, 0.1) is 5.41 Å². The zero-order valence-corrected chi connectivity index (χ0v) is 14.2. The molecule has 126 valence electrons. The Kier molecular flexibility index (Phi) is 5.44. The molecule has 0 aliphatic heterocycles. The average molecular weight is 330 g/mol. The maximum Gasteiger partial charge on any atom is 0.108 e. The third kappa shape index (κ3) is 3.55. The zero-order chi connectivity index (χ0) is 17.5. The van der Waals surface area contributed by atoms with Crippen LogP contribution in [0, 0.1) is 0 Å². The van der Waals surface area contributed by atoms with Gasteiger partial charge in [-0.1, -0.05) is 103 Å². The molecule has 1 unspecified atom stereocenters. The highest BCUT2D eigenvalue weighted by molar-refractivity contribution is 5.54. The van der Waals surface area contributed by atoms with Crippen LogP contribution in [0.4, 0.5) is 0 Å². The summed E-state index contributed by atoms with van der Waals surface area (Å²) in [5.41, 5.74) is 3.02. The Morgan fingerprint density at radius 3 is 1.40 bits per heavy atom. The lowest BCUT2D eigenvalue weighted by molar-refractivity contribution is -0.261. The summed E-state index contributed by atoms with van der Waals surface area (Å²) in [4.78, 5) is 4.47. The van der Waals surface area contributed by atoms with Crippen molar-refractivity contribution < 1.29 is 10.1 Å². The van der Waals surface area contributed by atoms with Gasteiger partial charge in [-0.3, -0.25) is 5.26 Å². The smallest absolute Gasteiger partial charge is 0.108 e. The van der Waals surface area contributed by atoms with Crippen molar-refractivity contribution in [2.75, 3.05) is 0 Å². The SMILES string of the molecule is CC(/C=C/C(c1ccccc1)(c1ccccc1)c1ccccc1)OO. The summed E-state index contributed by atoms with van der Waals surface area (Å²) in [6.45, 7) is 1.81. The van der Waals surface area contributed by atoms with Crippen molar-refractivity contribution in [3.8, 4) is 0 Å². The van der Waals surface area contributed by atoms with E-state index in [1.807, 2.05) is 31.2 Å². The van der Waals surface area contributed by atoms with E-state index in [0.717, 1.165) is 16.7 Å². The van der Waals surface area contributed by atoms with Gasteiger partial charge in [-0.05, 0) is 23.6 Å². The number of hydrogen-bond donors (Lipinski definition) is 1. The largest absolute Gasteiger partial charge is 0.251 e. The van der Waals surface area contributed by atoms with Crippen LogP contribution < -0.4 is 0 Å². The van der Waals surface area contributed by atoms with E-state index in [4.69, 9.17) is 5.26 Å². The Bertz CT molecular complexity index is 699. The standard InChI is InChI=1S/C23H22O2/c1-19(25-24)17-18-23(20-11-5-2-6-12-20,21-13-7-3-8-14-21)22-15-9-4-10-16-22/h2-19,24H,1H3/b18-17+. The van der Waals surface area contributed by atoms with Gasteiger partial charge in [0, 0.05) is 0 Å². The summed E-state index contributed by atoms with van der Waals surface area (Å²) in [5.74, 6) is 0. The van der Waals surface area contributed by atoms with Gasteiger partial charge in [0.1, 0.15) is 6.10 Å². The fraction of sp³-hybridized carbons (Fsp3) is 0.130. The highest BCUT2D eigenvalue weighted by Gasteiger charge is 2.33. The van der Waals surface area contributed by atoms with Crippen LogP contribution in [0.5, 0.6) is 0 Å². The molecule has 0 radical (unpaired) electrons. The van der Waals surface area contributed by atoms with Gasteiger partial charge in [0.2, 0.25) is 0 Å². The molecule has 0 saturated carbocycles. The molecule has 3 rings (SSSR count). The molecule has 0 amide bonds. The first-order valence-corrected chi connectivity index (χ1v) is 8.43. The van der Waals surface area contributed by atoms with Crippen LogP contribution in [-0.4, -0.2) is 11.4 Å². The van der Waals surface area contributed by atoms with E-state index in [1.165, 1.54) is 0 Å². The van der Waals surface area contributed by atoms with Crippen LogP contribution in [0.2, 0.25) is 0 Å².